The second-order valence-electron chi connectivity index (χ2n) is 4.26. The fourth-order valence-corrected chi connectivity index (χ4v) is 5.10. The Morgan fingerprint density at radius 3 is 2.53 bits per heavy atom. The van der Waals surface area contributed by atoms with Crippen molar-refractivity contribution < 1.29 is 48.0 Å². The van der Waals surface area contributed by atoms with Crippen LogP contribution in [0.2, 0.25) is 0 Å². The van der Waals surface area contributed by atoms with Crippen molar-refractivity contribution in [2.24, 2.45) is 0 Å². The van der Waals surface area contributed by atoms with Crippen molar-refractivity contribution in [3.05, 3.63) is 63.5 Å². The third-order valence-corrected chi connectivity index (χ3v) is 6.84. The van der Waals surface area contributed by atoms with Gasteiger partial charge >= 0.3 is 113 Å². The Balaban J connectivity index is 0.000000902. The molecule has 0 atom stereocenters. The molecule has 0 saturated carbocycles. The Labute approximate surface area is 137 Å². The van der Waals surface area contributed by atoms with E-state index in [2.05, 4.69) is 61.0 Å². The van der Waals surface area contributed by atoms with Crippen LogP contribution < -0.4 is 28.2 Å². The number of allylic oxidation sites excluding steroid dienone is 5. The summed E-state index contributed by atoms with van der Waals surface area (Å²) in [5.74, 6) is 0. The topological polar surface area (TPSA) is 15.8 Å². The first-order chi connectivity index (χ1) is 8.25. The van der Waals surface area contributed by atoms with Crippen LogP contribution in [0.25, 0.3) is 10.9 Å². The number of para-hydroxylation sites is 1. The van der Waals surface area contributed by atoms with Gasteiger partial charge in [0.15, 0.2) is 0 Å². The Morgan fingerprint density at radius 1 is 1.16 bits per heavy atom. The van der Waals surface area contributed by atoms with Crippen LogP contribution in [-0.2, 0) is 23.2 Å². The van der Waals surface area contributed by atoms with Crippen LogP contribution in [0.4, 0.5) is 0 Å². The number of nitrogens with one attached hydrogen (secondary N) is 1. The van der Waals surface area contributed by atoms with Crippen molar-refractivity contribution in [2.45, 2.75) is 6.92 Å². The van der Waals surface area contributed by atoms with E-state index in [1.54, 1.807) is 0 Å². The summed E-state index contributed by atoms with van der Waals surface area (Å²) in [6.45, 7) is 6.31. The summed E-state index contributed by atoms with van der Waals surface area (Å²) in [5, 5.41) is 1.36. The maximum Gasteiger partial charge on any atom is -1.00 e. The van der Waals surface area contributed by atoms with Crippen LogP contribution in [0.3, 0.4) is 0 Å². The molecule has 0 radical (unpaired) electrons. The summed E-state index contributed by atoms with van der Waals surface area (Å²) >= 11 is -0.733. The van der Waals surface area contributed by atoms with Crippen LogP contribution >= 0.6 is 0 Å². The van der Waals surface area contributed by atoms with Gasteiger partial charge in [0.25, 0.3) is 0 Å². The molecule has 1 aromatic heterocycles. The molecule has 0 unspecified atom stereocenters. The number of rotatable bonds is 2. The van der Waals surface area contributed by atoms with E-state index in [4.69, 9.17) is 0 Å². The Kier molecular flexibility index (Phi) is 5.86. The summed E-state index contributed by atoms with van der Waals surface area (Å²) in [6, 6.07) is 8.54. The molecule has 0 aliphatic heterocycles. The van der Waals surface area contributed by atoms with E-state index in [9.17, 15) is 0 Å². The van der Waals surface area contributed by atoms with Gasteiger partial charge in [-0.3, -0.25) is 0 Å². The van der Waals surface area contributed by atoms with Gasteiger partial charge in [0.1, 0.15) is 0 Å². The van der Waals surface area contributed by atoms with Crippen molar-refractivity contribution in [3.63, 3.8) is 0 Å². The van der Waals surface area contributed by atoms with E-state index in [1.807, 2.05) is 0 Å². The second-order valence-corrected chi connectivity index (χ2v) is 7.43. The molecule has 1 nitrogen and oxygen atoms in total. The molecule has 1 aliphatic rings. The van der Waals surface area contributed by atoms with Crippen LogP contribution in [0.1, 0.15) is 5.56 Å². The first-order valence-corrected chi connectivity index (χ1v) is 8.13. The number of hydrogen-bond acceptors (Lipinski definition) is 0. The standard InChI is InChI=1S/C9H8N.C6H5.2ClH.Zr/c1-7-6-10-9-5-3-2-4-8(7)9;1-6-4-2-3-5-6;;;/h2-5,10H,1H3;2-4H,1H2;2*1H;/q;;;;+2/p-2. The Hall–Kier alpha value is -0.557. The molecule has 1 aliphatic carbocycles. The molecule has 0 bridgehead atoms. The molecule has 4 heteroatoms. The number of benzene rings is 1. The van der Waals surface area contributed by atoms with Crippen molar-refractivity contribution in [1.29, 1.82) is 0 Å². The summed E-state index contributed by atoms with van der Waals surface area (Å²) in [5.41, 5.74) is 3.89. The SMILES string of the molecule is C=C1C=CC=[C]1[Zr+2][c]1[nH]c2ccccc2c1C.[Cl-].[Cl-]. The molecule has 0 amide bonds. The van der Waals surface area contributed by atoms with Crippen molar-refractivity contribution >= 4 is 14.3 Å². The molecule has 0 saturated heterocycles. The first kappa shape index (κ1) is 16.5. The van der Waals surface area contributed by atoms with Gasteiger partial charge in [-0.1, -0.05) is 0 Å². The Bertz CT molecular complexity index is 668. The number of fused-ring (bicyclic) bond motifs is 1. The molecule has 19 heavy (non-hydrogen) atoms. The molecule has 3 rings (SSSR count). The fourth-order valence-electron chi connectivity index (χ4n) is 2.12. The molecule has 96 valence electrons. The third-order valence-electron chi connectivity index (χ3n) is 3.13. The first-order valence-electron chi connectivity index (χ1n) is 5.67. The Morgan fingerprint density at radius 2 is 1.89 bits per heavy atom. The van der Waals surface area contributed by atoms with Gasteiger partial charge in [0.05, 0.1) is 0 Å². The van der Waals surface area contributed by atoms with Crippen molar-refractivity contribution in [3.8, 4) is 0 Å². The van der Waals surface area contributed by atoms with Crippen molar-refractivity contribution in [1.82, 2.24) is 4.98 Å². The van der Waals surface area contributed by atoms with Gasteiger partial charge < -0.3 is 24.8 Å². The predicted octanol–water partition coefficient (Wildman–Crippen LogP) is -2.80. The van der Waals surface area contributed by atoms with Gasteiger partial charge in [0.2, 0.25) is 0 Å². The largest absolute Gasteiger partial charge is 1.00 e. The monoisotopic (exact) mass is 367 g/mol. The van der Waals surface area contributed by atoms with Gasteiger partial charge in [-0.05, 0) is 0 Å². The minimum absolute atomic E-state index is 0. The van der Waals surface area contributed by atoms with E-state index in [-0.39, 0.29) is 24.8 Å². The smallest absolute Gasteiger partial charge is 1.00 e. The summed E-state index contributed by atoms with van der Waals surface area (Å²) in [7, 11) is 0. The van der Waals surface area contributed by atoms with Gasteiger partial charge in [0, 0.05) is 0 Å². The number of aryl methyl sites for hydroxylation is 1. The summed E-state index contributed by atoms with van der Waals surface area (Å²) in [4.78, 5) is 3.58. The van der Waals surface area contributed by atoms with E-state index >= 15 is 0 Å². The number of H-pyrrole nitrogens is 1. The molecule has 1 N–H and O–H groups in total. The molecular weight excluding hydrogens is 356 g/mol. The number of aromatic nitrogens is 1. The predicted molar refractivity (Wildman–Crippen MR) is 69.0 cm³/mol. The van der Waals surface area contributed by atoms with Gasteiger partial charge in [-0.15, -0.1) is 0 Å². The molecule has 1 heterocycles. The minimum Gasteiger partial charge on any atom is -1.00 e. The average Bonchev–Trinajstić information content (AvgIpc) is 2.87. The van der Waals surface area contributed by atoms with Crippen LogP contribution in [-0.4, -0.2) is 4.98 Å². The van der Waals surface area contributed by atoms with Crippen LogP contribution in [0, 0.1) is 6.92 Å². The molecule has 0 fully saturated rings. The zero-order chi connectivity index (χ0) is 11.8. The quantitative estimate of drug-likeness (QED) is 0.589. The van der Waals surface area contributed by atoms with Crippen LogP contribution in [0.15, 0.2) is 57.9 Å². The molecular formula is C15H13Cl2NZr. The fraction of sp³-hybridized carbons (Fsp3) is 0.0667. The normalized spacial score (nSPS) is 12.7. The van der Waals surface area contributed by atoms with E-state index < -0.39 is 23.2 Å². The summed E-state index contributed by atoms with van der Waals surface area (Å²) in [6.07, 6.45) is 6.43. The average molecular weight is 369 g/mol. The summed E-state index contributed by atoms with van der Waals surface area (Å²) < 4.78 is 2.94. The minimum atomic E-state index is -0.733. The van der Waals surface area contributed by atoms with E-state index in [0.717, 1.165) is 0 Å². The van der Waals surface area contributed by atoms with Crippen molar-refractivity contribution in [2.75, 3.05) is 0 Å². The van der Waals surface area contributed by atoms with E-state index in [1.165, 1.54) is 28.7 Å². The molecule has 0 spiro atoms. The number of halogens is 2. The maximum absolute atomic E-state index is 4.09. The second kappa shape index (κ2) is 6.74. The van der Waals surface area contributed by atoms with E-state index in [0.29, 0.717) is 0 Å². The third kappa shape index (κ3) is 3.13. The molecule has 2 aromatic rings. The zero-order valence-electron chi connectivity index (χ0n) is 10.5. The van der Waals surface area contributed by atoms with Crippen LogP contribution in [0.5, 0.6) is 0 Å². The van der Waals surface area contributed by atoms with Gasteiger partial charge in [-0.25, -0.2) is 0 Å². The zero-order valence-corrected chi connectivity index (χ0v) is 14.5. The van der Waals surface area contributed by atoms with Gasteiger partial charge in [-0.2, -0.15) is 0 Å². The molecule has 1 aromatic carbocycles. The maximum atomic E-state index is 4.09. The number of hydrogen-bond donors (Lipinski definition) is 1. The number of aromatic amines is 1.